The fourth-order valence-electron chi connectivity index (χ4n) is 1.98. The monoisotopic (exact) mass is 331 g/mol. The minimum Gasteiger partial charge on any atom is -0.268 e. The van der Waals surface area contributed by atoms with Crippen molar-refractivity contribution in [3.63, 3.8) is 0 Å². The number of nitrogens with zero attached hydrogens (tertiary/aromatic N) is 1. The summed E-state index contributed by atoms with van der Waals surface area (Å²) >= 11 is 12.5. The zero-order valence-corrected chi connectivity index (χ0v) is 13.2. The van der Waals surface area contributed by atoms with E-state index in [0.29, 0.717) is 14.2 Å². The van der Waals surface area contributed by atoms with Crippen molar-refractivity contribution in [1.82, 2.24) is 0 Å². The molecule has 0 radical (unpaired) electrons. The molecule has 104 valence electrons. The van der Waals surface area contributed by atoms with E-state index in [0.717, 1.165) is 11.3 Å². The molecule has 21 heavy (non-hydrogen) atoms. The standard InChI is InChI=1S/C16H10ClNOS2/c17-12-8-6-11(7-9-12)10-14-15(19)18(16(20)21-14)13-4-2-1-3-5-13/h1-10H/b14-10+. The number of carbonyl (C=O) groups excluding carboxylic acids is 1. The molecule has 1 aliphatic rings. The summed E-state index contributed by atoms with van der Waals surface area (Å²) < 4.78 is 0.548. The van der Waals surface area contributed by atoms with Gasteiger partial charge in [0.05, 0.1) is 10.6 Å². The van der Waals surface area contributed by atoms with Crippen LogP contribution in [0.3, 0.4) is 0 Å². The number of benzene rings is 2. The first-order valence-electron chi connectivity index (χ1n) is 6.24. The number of thioether (sulfide) groups is 1. The van der Waals surface area contributed by atoms with Crippen molar-refractivity contribution in [2.45, 2.75) is 0 Å². The molecule has 2 nitrogen and oxygen atoms in total. The van der Waals surface area contributed by atoms with Gasteiger partial charge < -0.3 is 0 Å². The number of carbonyl (C=O) groups is 1. The highest BCUT2D eigenvalue weighted by atomic mass is 35.5. The number of thiocarbonyl (C=S) groups is 1. The van der Waals surface area contributed by atoms with Gasteiger partial charge in [-0.05, 0) is 35.9 Å². The summed E-state index contributed by atoms with van der Waals surface area (Å²) in [7, 11) is 0. The van der Waals surface area contributed by atoms with Crippen molar-refractivity contribution in [3.8, 4) is 0 Å². The Morgan fingerprint density at radius 2 is 1.71 bits per heavy atom. The highest BCUT2D eigenvalue weighted by Gasteiger charge is 2.33. The minimum atomic E-state index is -0.0915. The summed E-state index contributed by atoms with van der Waals surface area (Å²) in [4.78, 5) is 14.7. The van der Waals surface area contributed by atoms with Crippen molar-refractivity contribution in [2.24, 2.45) is 0 Å². The van der Waals surface area contributed by atoms with Gasteiger partial charge in [0.2, 0.25) is 0 Å². The molecule has 1 saturated heterocycles. The molecule has 5 heteroatoms. The second-order valence-corrected chi connectivity index (χ2v) is 6.52. The quantitative estimate of drug-likeness (QED) is 0.585. The van der Waals surface area contributed by atoms with Crippen LogP contribution in [0.25, 0.3) is 6.08 Å². The number of anilines is 1. The van der Waals surface area contributed by atoms with E-state index in [1.54, 1.807) is 17.0 Å². The topological polar surface area (TPSA) is 20.3 Å². The second-order valence-electron chi connectivity index (χ2n) is 4.40. The predicted octanol–water partition coefficient (Wildman–Crippen LogP) is 4.75. The van der Waals surface area contributed by atoms with E-state index in [-0.39, 0.29) is 5.91 Å². The number of amides is 1. The van der Waals surface area contributed by atoms with Crippen LogP contribution in [0.1, 0.15) is 5.56 Å². The summed E-state index contributed by atoms with van der Waals surface area (Å²) in [5.41, 5.74) is 1.72. The minimum absolute atomic E-state index is 0.0915. The Labute approximate surface area is 137 Å². The van der Waals surface area contributed by atoms with Gasteiger partial charge in [0.15, 0.2) is 4.32 Å². The molecule has 3 rings (SSSR count). The van der Waals surface area contributed by atoms with Crippen LogP contribution < -0.4 is 4.90 Å². The molecular weight excluding hydrogens is 322 g/mol. The molecule has 1 aliphatic heterocycles. The first kappa shape index (κ1) is 14.3. The molecule has 0 atom stereocenters. The molecule has 1 heterocycles. The molecule has 1 amide bonds. The van der Waals surface area contributed by atoms with E-state index in [2.05, 4.69) is 0 Å². The van der Waals surface area contributed by atoms with E-state index in [9.17, 15) is 4.79 Å². The lowest BCUT2D eigenvalue weighted by atomic mass is 10.2. The third kappa shape index (κ3) is 3.02. The highest BCUT2D eigenvalue weighted by molar-refractivity contribution is 8.27. The van der Waals surface area contributed by atoms with E-state index < -0.39 is 0 Å². The van der Waals surface area contributed by atoms with Gasteiger partial charge >= 0.3 is 0 Å². The SMILES string of the molecule is O=C1/C(=C\c2ccc(Cl)cc2)SC(=S)N1c1ccccc1. The number of halogens is 1. The van der Waals surface area contributed by atoms with Crippen LogP contribution in [-0.2, 0) is 4.79 Å². The fraction of sp³-hybridized carbons (Fsp3) is 0. The lowest BCUT2D eigenvalue weighted by Crippen LogP contribution is -2.27. The number of hydrogen-bond donors (Lipinski definition) is 0. The van der Waals surface area contributed by atoms with Crippen molar-refractivity contribution in [1.29, 1.82) is 0 Å². The van der Waals surface area contributed by atoms with Crippen LogP contribution in [0.4, 0.5) is 5.69 Å². The molecule has 0 saturated carbocycles. The number of para-hydroxylation sites is 1. The summed E-state index contributed by atoms with van der Waals surface area (Å²) in [5, 5.41) is 0.670. The molecule has 0 spiro atoms. The molecule has 0 aliphatic carbocycles. The third-order valence-corrected chi connectivity index (χ3v) is 4.53. The number of rotatable bonds is 2. The predicted molar refractivity (Wildman–Crippen MR) is 93.5 cm³/mol. The van der Waals surface area contributed by atoms with Gasteiger partial charge in [-0.1, -0.05) is 65.9 Å². The van der Waals surface area contributed by atoms with Crippen LogP contribution in [0.15, 0.2) is 59.5 Å². The maximum Gasteiger partial charge on any atom is 0.270 e. The normalized spacial score (nSPS) is 16.8. The molecular formula is C16H10ClNOS2. The molecule has 2 aromatic carbocycles. The maximum absolute atomic E-state index is 12.5. The smallest absolute Gasteiger partial charge is 0.268 e. The Bertz CT molecular complexity index is 726. The Morgan fingerprint density at radius 3 is 2.38 bits per heavy atom. The summed E-state index contributed by atoms with van der Waals surface area (Å²) in [6.07, 6.45) is 1.83. The molecule has 1 fully saturated rings. The largest absolute Gasteiger partial charge is 0.270 e. The Balaban J connectivity index is 1.92. The average Bonchev–Trinajstić information content (AvgIpc) is 2.77. The van der Waals surface area contributed by atoms with Crippen LogP contribution >= 0.6 is 35.6 Å². The lowest BCUT2D eigenvalue weighted by molar-refractivity contribution is -0.113. The van der Waals surface area contributed by atoms with Gasteiger partial charge in [-0.25, -0.2) is 0 Å². The van der Waals surface area contributed by atoms with Crippen LogP contribution in [-0.4, -0.2) is 10.2 Å². The van der Waals surface area contributed by atoms with Crippen molar-refractivity contribution in [2.75, 3.05) is 4.90 Å². The lowest BCUT2D eigenvalue weighted by Gasteiger charge is -2.13. The van der Waals surface area contributed by atoms with E-state index in [1.165, 1.54) is 11.8 Å². The van der Waals surface area contributed by atoms with E-state index in [1.807, 2.05) is 48.5 Å². The first-order chi connectivity index (χ1) is 10.1. The van der Waals surface area contributed by atoms with Crippen molar-refractivity contribution >= 4 is 57.6 Å². The first-order valence-corrected chi connectivity index (χ1v) is 7.84. The van der Waals surface area contributed by atoms with Crippen molar-refractivity contribution in [3.05, 3.63) is 70.1 Å². The van der Waals surface area contributed by atoms with Crippen LogP contribution in [0.5, 0.6) is 0 Å². The van der Waals surface area contributed by atoms with Gasteiger partial charge in [0.1, 0.15) is 0 Å². The molecule has 0 N–H and O–H groups in total. The Morgan fingerprint density at radius 1 is 1.05 bits per heavy atom. The summed E-state index contributed by atoms with van der Waals surface area (Å²) in [5.74, 6) is -0.0915. The van der Waals surface area contributed by atoms with Gasteiger partial charge in [0.25, 0.3) is 5.91 Å². The Hall–Kier alpha value is -1.62. The van der Waals surface area contributed by atoms with E-state index in [4.69, 9.17) is 23.8 Å². The zero-order chi connectivity index (χ0) is 14.8. The zero-order valence-electron chi connectivity index (χ0n) is 10.8. The molecule has 0 aromatic heterocycles. The van der Waals surface area contributed by atoms with Crippen LogP contribution in [0.2, 0.25) is 5.02 Å². The Kier molecular flexibility index (Phi) is 4.10. The average molecular weight is 332 g/mol. The molecule has 0 bridgehead atoms. The third-order valence-electron chi connectivity index (χ3n) is 2.98. The van der Waals surface area contributed by atoms with Gasteiger partial charge in [-0.3, -0.25) is 9.69 Å². The van der Waals surface area contributed by atoms with Crippen LogP contribution in [0, 0.1) is 0 Å². The maximum atomic E-state index is 12.5. The molecule has 0 unspecified atom stereocenters. The van der Waals surface area contributed by atoms with Crippen molar-refractivity contribution < 1.29 is 4.79 Å². The second kappa shape index (κ2) is 6.02. The van der Waals surface area contributed by atoms with Gasteiger partial charge in [0, 0.05) is 5.02 Å². The molecule has 2 aromatic rings. The van der Waals surface area contributed by atoms with Gasteiger partial charge in [-0.15, -0.1) is 0 Å². The summed E-state index contributed by atoms with van der Waals surface area (Å²) in [6.45, 7) is 0. The van der Waals surface area contributed by atoms with E-state index >= 15 is 0 Å². The fourth-order valence-corrected chi connectivity index (χ4v) is 3.40. The number of hydrogen-bond acceptors (Lipinski definition) is 3. The highest BCUT2D eigenvalue weighted by Crippen LogP contribution is 2.35. The summed E-state index contributed by atoms with van der Waals surface area (Å²) in [6, 6.07) is 16.8. The van der Waals surface area contributed by atoms with Gasteiger partial charge in [-0.2, -0.15) is 0 Å².